The zero-order valence-electron chi connectivity index (χ0n) is 19.2. The topological polar surface area (TPSA) is 122 Å². The monoisotopic (exact) mass is 507 g/mol. The summed E-state index contributed by atoms with van der Waals surface area (Å²) in [5.74, 6) is -1.90. The summed E-state index contributed by atoms with van der Waals surface area (Å²) in [6.45, 7) is 1.59. The lowest BCUT2D eigenvalue weighted by Crippen LogP contribution is -2.49. The maximum absolute atomic E-state index is 14.7. The van der Waals surface area contributed by atoms with E-state index >= 15 is 0 Å². The van der Waals surface area contributed by atoms with E-state index in [1.165, 1.54) is 47.4 Å². The smallest absolute Gasteiger partial charge is 0.282 e. The molecule has 1 aliphatic rings. The molecule has 1 N–H and O–H groups in total. The number of piperazine rings is 1. The number of hydrogen-bond donors (Lipinski definition) is 1. The van der Waals surface area contributed by atoms with Crippen LogP contribution in [0.25, 0.3) is 10.8 Å². The number of amides is 1. The van der Waals surface area contributed by atoms with Gasteiger partial charge in [0.15, 0.2) is 0 Å². The second-order valence-corrected chi connectivity index (χ2v) is 8.31. The maximum atomic E-state index is 14.7. The number of carbonyl (C=O) groups excluding carboxylic acids is 1. The fourth-order valence-corrected chi connectivity index (χ4v) is 4.23. The molecular formula is C25H19F2N5O5. The number of nitro groups is 1. The van der Waals surface area contributed by atoms with Crippen molar-refractivity contribution in [3.8, 4) is 11.6 Å². The molecule has 37 heavy (non-hydrogen) atoms. The van der Waals surface area contributed by atoms with Gasteiger partial charge in [0, 0.05) is 37.9 Å². The molecule has 2 heterocycles. The quantitative estimate of drug-likeness (QED) is 0.322. The summed E-state index contributed by atoms with van der Waals surface area (Å²) < 4.78 is 33.6. The summed E-state index contributed by atoms with van der Waals surface area (Å²) in [6.07, 6.45) is 0. The molecule has 0 saturated carbocycles. The Kier molecular flexibility index (Phi) is 6.22. The lowest BCUT2D eigenvalue weighted by Gasteiger charge is -2.36. The molecule has 0 radical (unpaired) electrons. The largest absolute Gasteiger partial charge is 0.437 e. The number of nitrogens with one attached hydrogen (secondary N) is 1. The molecule has 0 bridgehead atoms. The van der Waals surface area contributed by atoms with Crippen LogP contribution in [-0.4, -0.2) is 52.1 Å². The number of aromatic amines is 1. The van der Waals surface area contributed by atoms with Gasteiger partial charge in [-0.05, 0) is 48.5 Å². The van der Waals surface area contributed by atoms with Crippen molar-refractivity contribution in [1.29, 1.82) is 0 Å². The minimum atomic E-state index is -0.761. The number of benzene rings is 3. The minimum absolute atomic E-state index is 0.00311. The molecule has 10 nitrogen and oxygen atoms in total. The summed E-state index contributed by atoms with van der Waals surface area (Å²) in [4.78, 5) is 39.6. The van der Waals surface area contributed by atoms with Gasteiger partial charge < -0.3 is 14.5 Å². The van der Waals surface area contributed by atoms with Crippen molar-refractivity contribution in [2.75, 3.05) is 31.1 Å². The van der Waals surface area contributed by atoms with Gasteiger partial charge in [-0.3, -0.25) is 19.7 Å². The van der Waals surface area contributed by atoms with Crippen LogP contribution in [0.5, 0.6) is 11.6 Å². The first kappa shape index (κ1) is 23.9. The van der Waals surface area contributed by atoms with Gasteiger partial charge in [-0.15, -0.1) is 5.10 Å². The van der Waals surface area contributed by atoms with E-state index in [4.69, 9.17) is 4.74 Å². The van der Waals surface area contributed by atoms with E-state index < -0.39 is 22.2 Å². The average Bonchev–Trinajstić information content (AvgIpc) is 2.91. The van der Waals surface area contributed by atoms with Crippen molar-refractivity contribution >= 4 is 28.1 Å². The highest BCUT2D eigenvalue weighted by molar-refractivity contribution is 5.96. The number of nitrogens with zero attached hydrogens (tertiary/aromatic N) is 4. The summed E-state index contributed by atoms with van der Waals surface area (Å²) in [5, 5.41) is 17.4. The Morgan fingerprint density at radius 2 is 1.76 bits per heavy atom. The predicted octanol–water partition coefficient (Wildman–Crippen LogP) is 3.86. The number of ether oxygens (including phenoxy) is 1. The molecule has 0 atom stereocenters. The molecular weight excluding hydrogens is 488 g/mol. The minimum Gasteiger partial charge on any atom is -0.437 e. The Hall–Kier alpha value is -4.87. The first-order valence-electron chi connectivity index (χ1n) is 11.2. The van der Waals surface area contributed by atoms with Crippen LogP contribution in [0, 0.1) is 21.7 Å². The van der Waals surface area contributed by atoms with E-state index in [0.29, 0.717) is 26.2 Å². The van der Waals surface area contributed by atoms with Crippen LogP contribution in [0.2, 0.25) is 0 Å². The molecule has 1 aliphatic heterocycles. The number of H-pyrrole nitrogens is 1. The normalized spacial score (nSPS) is 13.6. The standard InChI is InChI=1S/C25H19F2N5O5/c26-15-4-6-16(7-5-15)30-10-12-31(13-11-30)25(34)19-14-17(8-9-20(19)27)37-24-22-18(23(33)28-29-24)2-1-3-21(22)32(35)36/h1-9,14H,10-13H2,(H,28,33). The van der Waals surface area contributed by atoms with Gasteiger partial charge in [-0.2, -0.15) is 0 Å². The van der Waals surface area contributed by atoms with Crippen LogP contribution in [0.3, 0.4) is 0 Å². The van der Waals surface area contributed by atoms with Gasteiger partial charge in [-0.1, -0.05) is 6.07 Å². The van der Waals surface area contributed by atoms with Crippen LogP contribution >= 0.6 is 0 Å². The van der Waals surface area contributed by atoms with Crippen LogP contribution < -0.4 is 15.2 Å². The molecule has 12 heteroatoms. The number of non-ortho nitro benzene ring substituents is 1. The highest BCUT2D eigenvalue weighted by Crippen LogP contribution is 2.33. The molecule has 188 valence electrons. The third kappa shape index (κ3) is 4.68. The number of aromatic nitrogens is 2. The van der Waals surface area contributed by atoms with E-state index in [1.54, 1.807) is 12.1 Å². The molecule has 1 aromatic heterocycles. The lowest BCUT2D eigenvalue weighted by molar-refractivity contribution is -0.383. The second kappa shape index (κ2) is 9.64. The zero-order valence-corrected chi connectivity index (χ0v) is 19.2. The van der Waals surface area contributed by atoms with E-state index in [9.17, 15) is 28.5 Å². The van der Waals surface area contributed by atoms with E-state index in [0.717, 1.165) is 11.8 Å². The molecule has 0 unspecified atom stereocenters. The molecule has 4 aromatic rings. The lowest BCUT2D eigenvalue weighted by atomic mass is 10.1. The van der Waals surface area contributed by atoms with Crippen LogP contribution in [0.15, 0.2) is 65.5 Å². The summed E-state index contributed by atoms with van der Waals surface area (Å²) in [7, 11) is 0. The third-order valence-corrected chi connectivity index (χ3v) is 6.10. The van der Waals surface area contributed by atoms with Crippen molar-refractivity contribution in [2.24, 2.45) is 0 Å². The summed E-state index contributed by atoms with van der Waals surface area (Å²) >= 11 is 0. The first-order chi connectivity index (χ1) is 17.8. The second-order valence-electron chi connectivity index (χ2n) is 8.31. The Morgan fingerprint density at radius 1 is 1.03 bits per heavy atom. The molecule has 0 aliphatic carbocycles. The number of anilines is 1. The molecule has 1 amide bonds. The highest BCUT2D eigenvalue weighted by Gasteiger charge is 2.26. The number of carbonyl (C=O) groups is 1. The fourth-order valence-electron chi connectivity index (χ4n) is 4.23. The summed E-state index contributed by atoms with van der Waals surface area (Å²) in [6, 6.07) is 13.5. The van der Waals surface area contributed by atoms with Gasteiger partial charge in [0.05, 0.1) is 15.9 Å². The van der Waals surface area contributed by atoms with Crippen LogP contribution in [0.1, 0.15) is 10.4 Å². The number of rotatable bonds is 5. The van der Waals surface area contributed by atoms with E-state index in [2.05, 4.69) is 10.2 Å². The van der Waals surface area contributed by atoms with Gasteiger partial charge in [0.1, 0.15) is 22.8 Å². The molecule has 1 saturated heterocycles. The van der Waals surface area contributed by atoms with Crippen molar-refractivity contribution in [1.82, 2.24) is 15.1 Å². The molecule has 5 rings (SSSR count). The maximum Gasteiger partial charge on any atom is 0.282 e. The number of nitro benzene ring substituents is 1. The zero-order chi connectivity index (χ0) is 26.1. The summed E-state index contributed by atoms with van der Waals surface area (Å²) in [5.41, 5.74) is -0.440. The Balaban J connectivity index is 1.38. The highest BCUT2D eigenvalue weighted by atomic mass is 19.1. The Bertz CT molecular complexity index is 1570. The van der Waals surface area contributed by atoms with Gasteiger partial charge in [0.25, 0.3) is 23.0 Å². The van der Waals surface area contributed by atoms with Crippen molar-refractivity contribution in [2.45, 2.75) is 0 Å². The van der Waals surface area contributed by atoms with Crippen LogP contribution in [-0.2, 0) is 0 Å². The number of fused-ring (bicyclic) bond motifs is 1. The Labute approximate surface area is 207 Å². The van der Waals surface area contributed by atoms with Gasteiger partial charge >= 0.3 is 0 Å². The average molecular weight is 507 g/mol. The van der Waals surface area contributed by atoms with E-state index in [1.807, 2.05) is 4.90 Å². The van der Waals surface area contributed by atoms with Crippen molar-refractivity contribution in [3.05, 3.63) is 98.3 Å². The third-order valence-electron chi connectivity index (χ3n) is 6.10. The molecule has 3 aromatic carbocycles. The van der Waals surface area contributed by atoms with Gasteiger partial charge in [0.2, 0.25) is 0 Å². The van der Waals surface area contributed by atoms with E-state index in [-0.39, 0.29) is 39.5 Å². The SMILES string of the molecule is O=C(c1cc(Oc2n[nH]c(=O)c3cccc([N+](=O)[O-])c23)ccc1F)N1CCN(c2ccc(F)cc2)CC1. The first-order valence-corrected chi connectivity index (χ1v) is 11.2. The van der Waals surface area contributed by atoms with Crippen LogP contribution in [0.4, 0.5) is 20.2 Å². The van der Waals surface area contributed by atoms with Gasteiger partial charge in [-0.25, -0.2) is 13.9 Å². The number of hydrogen-bond acceptors (Lipinski definition) is 7. The predicted molar refractivity (Wildman–Crippen MR) is 130 cm³/mol. The molecule has 1 fully saturated rings. The Morgan fingerprint density at radius 3 is 2.46 bits per heavy atom. The number of halogens is 2. The fraction of sp³-hybridized carbons (Fsp3) is 0.160. The molecule has 0 spiro atoms. The van der Waals surface area contributed by atoms with Crippen molar-refractivity contribution < 1.29 is 23.2 Å². The van der Waals surface area contributed by atoms with Crippen molar-refractivity contribution in [3.63, 3.8) is 0 Å².